The van der Waals surface area contributed by atoms with Crippen LogP contribution in [0.25, 0.3) is 0 Å². The average molecular weight is 302 g/mol. The molecule has 94 valence electrons. The van der Waals surface area contributed by atoms with Crippen molar-refractivity contribution in [3.63, 3.8) is 0 Å². The minimum Gasteiger partial charge on any atom is -0.353 e. The maximum Gasteiger partial charge on any atom is 0.224 e. The van der Waals surface area contributed by atoms with E-state index < -0.39 is 0 Å². The lowest BCUT2D eigenvalue weighted by atomic mass is 10.1. The molecule has 1 amide bonds. The number of alkyl halides is 1. The van der Waals surface area contributed by atoms with Crippen LogP contribution in [0.1, 0.15) is 25.3 Å². The molecule has 4 heteroatoms. The van der Waals surface area contributed by atoms with Crippen molar-refractivity contribution in [1.82, 2.24) is 5.32 Å². The Morgan fingerprint density at radius 2 is 2.06 bits per heavy atom. The van der Waals surface area contributed by atoms with Crippen molar-refractivity contribution in [3.8, 4) is 0 Å². The van der Waals surface area contributed by atoms with Gasteiger partial charge < -0.3 is 5.32 Å². The molecule has 0 heterocycles. The van der Waals surface area contributed by atoms with Gasteiger partial charge in [-0.1, -0.05) is 28.1 Å². The lowest BCUT2D eigenvalue weighted by molar-refractivity contribution is -0.121. The number of hydrogen-bond acceptors (Lipinski definition) is 1. The lowest BCUT2D eigenvalue weighted by Crippen LogP contribution is -2.33. The molecule has 2 nitrogen and oxygen atoms in total. The summed E-state index contributed by atoms with van der Waals surface area (Å²) in [4.78, 5) is 11.7. The maximum atomic E-state index is 12.7. The van der Waals surface area contributed by atoms with Crippen LogP contribution in [-0.4, -0.2) is 17.3 Å². The smallest absolute Gasteiger partial charge is 0.224 e. The molecule has 0 aromatic heterocycles. The Labute approximate surface area is 110 Å². The van der Waals surface area contributed by atoms with Crippen molar-refractivity contribution < 1.29 is 9.18 Å². The summed E-state index contributed by atoms with van der Waals surface area (Å²) >= 11 is 3.36. The third-order valence-electron chi connectivity index (χ3n) is 2.46. The first-order valence-corrected chi connectivity index (χ1v) is 6.83. The van der Waals surface area contributed by atoms with Gasteiger partial charge in [-0.05, 0) is 37.5 Å². The highest BCUT2D eigenvalue weighted by molar-refractivity contribution is 9.09. The Balaban J connectivity index is 2.36. The van der Waals surface area contributed by atoms with E-state index in [2.05, 4.69) is 21.2 Å². The largest absolute Gasteiger partial charge is 0.353 e. The van der Waals surface area contributed by atoms with Gasteiger partial charge in [-0.25, -0.2) is 4.39 Å². The minimum absolute atomic E-state index is 0.0151. The lowest BCUT2D eigenvalue weighted by Gasteiger charge is -2.13. The molecule has 0 saturated carbocycles. The van der Waals surface area contributed by atoms with E-state index in [9.17, 15) is 9.18 Å². The van der Waals surface area contributed by atoms with Gasteiger partial charge in [0, 0.05) is 11.4 Å². The number of hydrogen-bond donors (Lipinski definition) is 1. The molecule has 0 aliphatic heterocycles. The fourth-order valence-electron chi connectivity index (χ4n) is 1.57. The number of nitrogens with one attached hydrogen (secondary N) is 1. The molecule has 17 heavy (non-hydrogen) atoms. The van der Waals surface area contributed by atoms with Crippen molar-refractivity contribution in [3.05, 3.63) is 35.6 Å². The second-order valence-corrected chi connectivity index (χ2v) is 4.90. The molecule has 0 radical (unpaired) electrons. The summed E-state index contributed by atoms with van der Waals surface area (Å²) in [5, 5.41) is 3.87. The molecular formula is C13H17BrFNO. The third-order valence-corrected chi connectivity index (χ3v) is 3.02. The molecule has 0 aliphatic rings. The second kappa shape index (κ2) is 7.43. The predicted octanol–water partition coefficient (Wildman–Crippen LogP) is 3.05. The first kappa shape index (κ1) is 14.2. The third kappa shape index (κ3) is 5.82. The van der Waals surface area contributed by atoms with Crippen LogP contribution in [0.15, 0.2) is 24.3 Å². The number of amides is 1. The van der Waals surface area contributed by atoms with E-state index >= 15 is 0 Å². The number of benzene rings is 1. The number of carbonyl (C=O) groups is 1. The van der Waals surface area contributed by atoms with Crippen molar-refractivity contribution in [2.24, 2.45) is 0 Å². The van der Waals surface area contributed by atoms with Gasteiger partial charge in [0.1, 0.15) is 5.82 Å². The topological polar surface area (TPSA) is 29.1 Å². The fraction of sp³-hybridized carbons (Fsp3) is 0.462. The number of rotatable bonds is 6. The molecule has 1 atom stereocenters. The monoisotopic (exact) mass is 301 g/mol. The highest BCUT2D eigenvalue weighted by Crippen LogP contribution is 2.04. The molecule has 0 aliphatic carbocycles. The zero-order chi connectivity index (χ0) is 12.7. The summed E-state index contributed by atoms with van der Waals surface area (Å²) in [6.45, 7) is 1.99. The summed E-state index contributed by atoms with van der Waals surface area (Å²) < 4.78 is 12.7. The van der Waals surface area contributed by atoms with Gasteiger partial charge in [0.2, 0.25) is 5.91 Å². The van der Waals surface area contributed by atoms with Gasteiger partial charge in [-0.2, -0.15) is 0 Å². The van der Waals surface area contributed by atoms with Gasteiger partial charge in [0.15, 0.2) is 0 Å². The van der Waals surface area contributed by atoms with E-state index in [-0.39, 0.29) is 17.8 Å². The first-order valence-electron chi connectivity index (χ1n) is 5.71. The zero-order valence-corrected chi connectivity index (χ0v) is 11.5. The summed E-state index contributed by atoms with van der Waals surface area (Å²) in [6, 6.07) is 6.20. The second-order valence-electron chi connectivity index (χ2n) is 4.10. The van der Waals surface area contributed by atoms with Crippen molar-refractivity contribution in [2.45, 2.75) is 32.2 Å². The summed E-state index contributed by atoms with van der Waals surface area (Å²) in [5.41, 5.74) is 0.830. The highest BCUT2D eigenvalue weighted by Gasteiger charge is 2.07. The Bertz CT molecular complexity index is 353. The molecule has 1 aromatic carbocycles. The quantitative estimate of drug-likeness (QED) is 0.804. The first-order chi connectivity index (χ1) is 8.11. The normalized spacial score (nSPS) is 12.2. The number of carbonyl (C=O) groups excluding carboxylic acids is 1. The van der Waals surface area contributed by atoms with Crippen LogP contribution in [0.3, 0.4) is 0 Å². The molecule has 1 N–H and O–H groups in total. The van der Waals surface area contributed by atoms with Crippen LogP contribution in [0.5, 0.6) is 0 Å². The number of halogens is 2. The van der Waals surface area contributed by atoms with Crippen LogP contribution in [0, 0.1) is 5.82 Å². The molecule has 0 saturated heterocycles. The standard InChI is InChI=1S/C13H17BrFNO/c1-10(3-2-8-14)16-13(17)9-11-4-6-12(15)7-5-11/h4-7,10H,2-3,8-9H2,1H3,(H,16,17). The van der Waals surface area contributed by atoms with Gasteiger partial charge in [0.25, 0.3) is 0 Å². The fourth-order valence-corrected chi connectivity index (χ4v) is 1.89. The Morgan fingerprint density at radius 1 is 1.41 bits per heavy atom. The summed E-state index contributed by atoms with van der Waals surface area (Å²) in [6.07, 6.45) is 2.30. The van der Waals surface area contributed by atoms with Crippen LogP contribution < -0.4 is 5.32 Å². The zero-order valence-electron chi connectivity index (χ0n) is 9.88. The molecule has 0 fully saturated rings. The van der Waals surface area contributed by atoms with Crippen LogP contribution in [0.4, 0.5) is 4.39 Å². The van der Waals surface area contributed by atoms with E-state index in [0.29, 0.717) is 6.42 Å². The maximum absolute atomic E-state index is 12.7. The van der Waals surface area contributed by atoms with Gasteiger partial charge in [-0.15, -0.1) is 0 Å². The van der Waals surface area contributed by atoms with Crippen LogP contribution in [-0.2, 0) is 11.2 Å². The summed E-state index contributed by atoms with van der Waals surface area (Å²) in [7, 11) is 0. The van der Waals surface area contributed by atoms with E-state index in [1.807, 2.05) is 6.92 Å². The van der Waals surface area contributed by atoms with Crippen LogP contribution in [0.2, 0.25) is 0 Å². The molecule has 1 unspecified atom stereocenters. The highest BCUT2D eigenvalue weighted by atomic mass is 79.9. The van der Waals surface area contributed by atoms with Crippen molar-refractivity contribution >= 4 is 21.8 Å². The van der Waals surface area contributed by atoms with Crippen molar-refractivity contribution in [2.75, 3.05) is 5.33 Å². The van der Waals surface area contributed by atoms with Gasteiger partial charge in [0.05, 0.1) is 6.42 Å². The van der Waals surface area contributed by atoms with Crippen molar-refractivity contribution in [1.29, 1.82) is 0 Å². The molecule has 1 aromatic rings. The molecule has 0 spiro atoms. The Kier molecular flexibility index (Phi) is 6.19. The minimum atomic E-state index is -0.278. The average Bonchev–Trinajstić information content (AvgIpc) is 2.29. The molecule has 1 rings (SSSR count). The van der Waals surface area contributed by atoms with Crippen LogP contribution >= 0.6 is 15.9 Å². The predicted molar refractivity (Wildman–Crippen MR) is 70.7 cm³/mol. The summed E-state index contributed by atoms with van der Waals surface area (Å²) in [5.74, 6) is -0.293. The molecular weight excluding hydrogens is 285 g/mol. The Morgan fingerprint density at radius 3 is 2.65 bits per heavy atom. The van der Waals surface area contributed by atoms with E-state index in [0.717, 1.165) is 23.7 Å². The van der Waals surface area contributed by atoms with Gasteiger partial charge in [-0.3, -0.25) is 4.79 Å². The SMILES string of the molecule is CC(CCCBr)NC(=O)Cc1ccc(F)cc1. The van der Waals surface area contributed by atoms with E-state index in [4.69, 9.17) is 0 Å². The van der Waals surface area contributed by atoms with E-state index in [1.54, 1.807) is 12.1 Å². The Hall–Kier alpha value is -0.900. The van der Waals surface area contributed by atoms with E-state index in [1.165, 1.54) is 12.1 Å². The molecule has 0 bridgehead atoms. The van der Waals surface area contributed by atoms with Gasteiger partial charge >= 0.3 is 0 Å².